The minimum atomic E-state index is -3.80. The van der Waals surface area contributed by atoms with E-state index in [-0.39, 0.29) is 18.1 Å². The molecule has 3 aromatic rings. The molecule has 3 aromatic carbocycles. The van der Waals surface area contributed by atoms with Crippen LogP contribution in [-0.2, 0) is 24.3 Å². The van der Waals surface area contributed by atoms with Crippen LogP contribution >= 0.6 is 0 Å². The van der Waals surface area contributed by atoms with Gasteiger partial charge in [0.2, 0.25) is 15.9 Å². The molecule has 1 amide bonds. The molecule has 2 aliphatic heterocycles. The van der Waals surface area contributed by atoms with Gasteiger partial charge in [-0.25, -0.2) is 8.42 Å². The average molecular weight is 633 g/mol. The van der Waals surface area contributed by atoms with Crippen LogP contribution < -0.4 is 9.62 Å². The number of carboxylic acid groups (broad SMARTS) is 1. The highest BCUT2D eigenvalue weighted by Gasteiger charge is 2.54. The number of aliphatic carboxylic acids is 1. The summed E-state index contributed by atoms with van der Waals surface area (Å²) >= 11 is 0. The lowest BCUT2D eigenvalue weighted by Crippen LogP contribution is -2.43. The van der Waals surface area contributed by atoms with Gasteiger partial charge in [-0.05, 0) is 91.8 Å². The van der Waals surface area contributed by atoms with Crippen LogP contribution in [0, 0.1) is 6.92 Å². The molecule has 2 aliphatic rings. The molecule has 3 N–H and O–H groups in total. The minimum absolute atomic E-state index is 0.116. The zero-order valence-electron chi connectivity index (χ0n) is 25.6. The van der Waals surface area contributed by atoms with Crippen molar-refractivity contribution < 1.29 is 33.0 Å². The van der Waals surface area contributed by atoms with E-state index in [1.807, 2.05) is 74.5 Å². The number of nitrogens with zero attached hydrogens (tertiary/aromatic N) is 1. The monoisotopic (exact) mass is 632 g/mol. The first kappa shape index (κ1) is 32.2. The quantitative estimate of drug-likeness (QED) is 0.176. The first-order valence-electron chi connectivity index (χ1n) is 15.5. The van der Waals surface area contributed by atoms with Crippen LogP contribution in [-0.4, -0.2) is 54.5 Å². The number of hydrogen-bond acceptors (Lipinski definition) is 6. The van der Waals surface area contributed by atoms with E-state index < -0.39 is 33.5 Å². The summed E-state index contributed by atoms with van der Waals surface area (Å²) in [5, 5.41) is 20.8. The van der Waals surface area contributed by atoms with Crippen molar-refractivity contribution in [3.05, 3.63) is 89.5 Å². The molecule has 2 heterocycles. The lowest BCUT2D eigenvalue weighted by atomic mass is 9.83. The molecular weight excluding hydrogens is 592 g/mol. The van der Waals surface area contributed by atoms with Crippen molar-refractivity contribution in [2.45, 2.75) is 76.3 Å². The molecule has 3 atom stereocenters. The molecule has 45 heavy (non-hydrogen) atoms. The molecule has 0 radical (unpaired) electrons. The van der Waals surface area contributed by atoms with Gasteiger partial charge in [-0.15, -0.1) is 0 Å². The van der Waals surface area contributed by atoms with Gasteiger partial charge in [-0.3, -0.25) is 13.9 Å². The second-order valence-electron chi connectivity index (χ2n) is 11.7. The summed E-state index contributed by atoms with van der Waals surface area (Å²) in [4.78, 5) is 23.2. The second kappa shape index (κ2) is 13.9. The normalized spacial score (nSPS) is 19.1. The van der Waals surface area contributed by atoms with Crippen molar-refractivity contribution in [1.82, 2.24) is 0 Å². The largest absolute Gasteiger partial charge is 0.508 e. The number of amides is 1. The number of carbonyl (C=O) groups excluding carboxylic acids is 1. The molecule has 5 rings (SSSR count). The first-order chi connectivity index (χ1) is 21.6. The number of carboxylic acids is 1. The molecular formula is C35H40N2O7S. The Balaban J connectivity index is 1.37. The van der Waals surface area contributed by atoms with Crippen molar-refractivity contribution in [3.63, 3.8) is 0 Å². The third kappa shape index (κ3) is 7.23. The number of unbranched alkanes of at least 4 members (excludes halogenated alkanes) is 3. The number of fused-ring (bicyclic) bond motifs is 2. The predicted molar refractivity (Wildman–Crippen MR) is 176 cm³/mol. The lowest BCUT2D eigenvalue weighted by molar-refractivity contribution is -0.137. The Bertz CT molecular complexity index is 1650. The van der Waals surface area contributed by atoms with Gasteiger partial charge in [-0.2, -0.15) is 0 Å². The van der Waals surface area contributed by atoms with Gasteiger partial charge in [0, 0.05) is 25.1 Å². The number of carbonyl (C=O) groups is 2. The average Bonchev–Trinajstić information content (AvgIpc) is 3.61. The summed E-state index contributed by atoms with van der Waals surface area (Å²) in [5.41, 5.74) is 5.67. The van der Waals surface area contributed by atoms with E-state index in [0.29, 0.717) is 43.6 Å². The molecule has 0 saturated carbocycles. The maximum atomic E-state index is 14.2. The Labute approximate surface area is 264 Å². The Morgan fingerprint density at radius 3 is 2.09 bits per heavy atom. The highest BCUT2D eigenvalue weighted by atomic mass is 32.2. The fraction of sp³-hybridized carbons (Fsp3) is 0.371. The summed E-state index contributed by atoms with van der Waals surface area (Å²) in [6.07, 6.45) is 2.54. The predicted octanol–water partition coefficient (Wildman–Crippen LogP) is 6.37. The summed E-state index contributed by atoms with van der Waals surface area (Å²) in [5.74, 6) is -0.779. The summed E-state index contributed by atoms with van der Waals surface area (Å²) in [6, 6.07) is 21.7. The van der Waals surface area contributed by atoms with E-state index in [1.54, 1.807) is 12.1 Å². The van der Waals surface area contributed by atoms with Gasteiger partial charge in [0.1, 0.15) is 17.1 Å². The van der Waals surface area contributed by atoms with E-state index in [2.05, 4.69) is 5.32 Å². The number of nitrogens with one attached hydrogen (secondary N) is 1. The van der Waals surface area contributed by atoms with Crippen molar-refractivity contribution in [2.75, 3.05) is 16.2 Å². The van der Waals surface area contributed by atoms with Gasteiger partial charge >= 0.3 is 5.97 Å². The molecule has 9 nitrogen and oxygen atoms in total. The number of hydrogen-bond donors (Lipinski definition) is 3. The van der Waals surface area contributed by atoms with Crippen LogP contribution in [0.5, 0.6) is 5.75 Å². The summed E-state index contributed by atoms with van der Waals surface area (Å²) < 4.78 is 36.2. The van der Waals surface area contributed by atoms with Gasteiger partial charge in [-0.1, -0.05) is 54.8 Å². The smallest absolute Gasteiger partial charge is 0.303 e. The van der Waals surface area contributed by atoms with Crippen LogP contribution in [0.3, 0.4) is 0 Å². The second-order valence-corrected chi connectivity index (χ2v) is 13.7. The number of anilines is 2. The molecule has 3 unspecified atom stereocenters. The number of aryl methyl sites for hydroxylation is 1. The summed E-state index contributed by atoms with van der Waals surface area (Å²) in [6.45, 7) is 4.08. The zero-order valence-corrected chi connectivity index (χ0v) is 26.4. The third-order valence-electron chi connectivity index (χ3n) is 8.49. The molecule has 238 valence electrons. The van der Waals surface area contributed by atoms with E-state index in [4.69, 9.17) is 9.84 Å². The van der Waals surface area contributed by atoms with Crippen molar-refractivity contribution in [2.24, 2.45) is 0 Å². The fourth-order valence-corrected chi connectivity index (χ4v) is 8.29. The number of ether oxygens (including phenoxy) is 1. The number of phenolic OH excluding ortho intramolecular Hbond substituents is 1. The summed E-state index contributed by atoms with van der Waals surface area (Å²) in [7, 11) is -3.80. The van der Waals surface area contributed by atoms with Crippen LogP contribution in [0.25, 0.3) is 11.1 Å². The number of rotatable bonds is 14. The fourth-order valence-electron chi connectivity index (χ4n) is 6.26. The van der Waals surface area contributed by atoms with E-state index in [9.17, 15) is 23.1 Å². The number of sulfonamides is 1. The lowest BCUT2D eigenvalue weighted by Gasteiger charge is -2.31. The topological polar surface area (TPSA) is 133 Å². The Kier molecular flexibility index (Phi) is 9.94. The Hall–Kier alpha value is -4.15. The molecule has 10 heteroatoms. The number of benzene rings is 3. The standard InChI is InChI=1S/C35H40N2O7S/c1-3-37(27-18-10-23(2)11-19-27)45(42,43)30-22-29-33(24-14-20-28(38)21-15-24)34(35(30)44-29)25-12-16-26(17-13-25)36-31(39)8-6-4-5-7-9-32(40)41/h10-21,29-30,35,38H,3-9,22H2,1-2H3,(H,36,39)(H,40,41). The molecule has 1 saturated heterocycles. The Morgan fingerprint density at radius 2 is 1.47 bits per heavy atom. The molecule has 1 fully saturated rings. The van der Waals surface area contributed by atoms with Crippen LogP contribution in [0.4, 0.5) is 11.4 Å². The van der Waals surface area contributed by atoms with Crippen molar-refractivity contribution >= 4 is 44.4 Å². The van der Waals surface area contributed by atoms with Gasteiger partial charge in [0.15, 0.2) is 0 Å². The number of phenols is 1. The van der Waals surface area contributed by atoms with Gasteiger partial charge in [0.25, 0.3) is 0 Å². The van der Waals surface area contributed by atoms with Gasteiger partial charge < -0.3 is 20.3 Å². The van der Waals surface area contributed by atoms with E-state index in [1.165, 1.54) is 4.31 Å². The van der Waals surface area contributed by atoms with E-state index in [0.717, 1.165) is 40.7 Å². The van der Waals surface area contributed by atoms with Crippen LogP contribution in [0.1, 0.15) is 68.6 Å². The van der Waals surface area contributed by atoms with Crippen molar-refractivity contribution in [3.8, 4) is 5.75 Å². The van der Waals surface area contributed by atoms with Crippen LogP contribution in [0.2, 0.25) is 0 Å². The third-order valence-corrected chi connectivity index (χ3v) is 10.8. The Morgan fingerprint density at radius 1 is 0.867 bits per heavy atom. The first-order valence-corrected chi connectivity index (χ1v) is 17.0. The highest BCUT2D eigenvalue weighted by Crippen LogP contribution is 2.51. The molecule has 0 aliphatic carbocycles. The van der Waals surface area contributed by atoms with E-state index >= 15 is 0 Å². The zero-order chi connectivity index (χ0) is 32.1. The number of aromatic hydroxyl groups is 1. The minimum Gasteiger partial charge on any atom is -0.508 e. The molecule has 0 spiro atoms. The SMILES string of the molecule is CCN(c1ccc(C)cc1)S(=O)(=O)C1CC2OC1C(c1ccc(NC(=O)CCCCCCC(=O)O)cc1)=C2c1ccc(O)cc1. The van der Waals surface area contributed by atoms with Crippen molar-refractivity contribution in [1.29, 1.82) is 0 Å². The highest BCUT2D eigenvalue weighted by molar-refractivity contribution is 7.93. The molecule has 0 aromatic heterocycles. The maximum absolute atomic E-state index is 14.2. The van der Waals surface area contributed by atoms with Gasteiger partial charge in [0.05, 0.1) is 11.8 Å². The van der Waals surface area contributed by atoms with Crippen LogP contribution in [0.15, 0.2) is 72.8 Å². The molecule has 2 bridgehead atoms. The maximum Gasteiger partial charge on any atom is 0.303 e.